The van der Waals surface area contributed by atoms with E-state index in [-0.39, 0.29) is 95.7 Å². The topological polar surface area (TPSA) is 152 Å². The van der Waals surface area contributed by atoms with Gasteiger partial charge in [0.1, 0.15) is 0 Å². The molecule has 4 N–H and O–H groups in total. The van der Waals surface area contributed by atoms with Crippen molar-refractivity contribution in [2.24, 2.45) is 0 Å². The second kappa shape index (κ2) is 27.5. The van der Waals surface area contributed by atoms with Gasteiger partial charge >= 0.3 is 65.1 Å². The van der Waals surface area contributed by atoms with E-state index in [1.54, 1.807) is 41.3 Å². The number of hydrogen-bond acceptors (Lipinski definition) is 7. The van der Waals surface area contributed by atoms with Crippen LogP contribution in [0.15, 0.2) is 91.0 Å². The minimum atomic E-state index is -1.13. The van der Waals surface area contributed by atoms with Crippen molar-refractivity contribution in [2.75, 3.05) is 15.5 Å². The monoisotopic (exact) mass is 1050 g/mol. The van der Waals surface area contributed by atoms with Crippen molar-refractivity contribution in [3.8, 4) is 0 Å². The molecule has 6 aromatic carbocycles. The SMILES string of the molecule is Cc1cc(Cl)c(N2C(=O)Cc3cc(C)ccc32)c(Cl)c1.Cc1cc(Cl)c(Nc2ccc(C)cc2CC(=O)O)c(Cl)c1.Cc1cc(Cl)c(Nc2ccc(C)cc2CC(=O)[O-])c(Cl)c1.Cl.[Na+].[Na+].[OH-]. The van der Waals surface area contributed by atoms with E-state index in [1.165, 1.54) is 0 Å². The summed E-state index contributed by atoms with van der Waals surface area (Å²) < 4.78 is 0. The molecule has 0 saturated heterocycles. The summed E-state index contributed by atoms with van der Waals surface area (Å²) in [5.74, 6) is -2.02. The van der Waals surface area contributed by atoms with Crippen LogP contribution in [-0.2, 0) is 33.6 Å². The second-order valence-corrected chi connectivity index (χ2v) is 17.5. The number of aliphatic carboxylic acids is 2. The normalized spacial score (nSPS) is 10.8. The molecule has 1 aliphatic rings. The Morgan fingerprint density at radius 1 is 0.576 bits per heavy atom. The third-order valence-corrected chi connectivity index (χ3v) is 11.3. The van der Waals surface area contributed by atoms with E-state index in [1.807, 2.05) is 96.1 Å². The Morgan fingerprint density at radius 3 is 1.33 bits per heavy atom. The molecule has 1 amide bonds. The second-order valence-electron chi connectivity index (χ2n) is 15.0. The molecule has 0 radical (unpaired) electrons. The van der Waals surface area contributed by atoms with Gasteiger partial charge in [0.05, 0.1) is 65.7 Å². The first-order valence-corrected chi connectivity index (χ1v) is 21.4. The fraction of sp³-hybridized carbons (Fsp3) is 0.188. The Morgan fingerprint density at radius 2 is 0.939 bits per heavy atom. The van der Waals surface area contributed by atoms with Gasteiger partial charge in [0.2, 0.25) is 5.91 Å². The van der Waals surface area contributed by atoms with E-state index >= 15 is 0 Å². The first-order chi connectivity index (χ1) is 29.2. The molecule has 1 aliphatic heterocycles. The van der Waals surface area contributed by atoms with E-state index in [4.69, 9.17) is 74.7 Å². The number of carbonyl (C=O) groups excluding carboxylic acids is 2. The molecule has 18 heteroatoms. The average Bonchev–Trinajstić information content (AvgIpc) is 3.46. The Balaban J connectivity index is 0.000000480. The largest absolute Gasteiger partial charge is 1.00 e. The van der Waals surface area contributed by atoms with Crippen molar-refractivity contribution in [3.05, 3.63) is 171 Å². The van der Waals surface area contributed by atoms with Crippen molar-refractivity contribution >= 4 is 134 Å². The molecule has 338 valence electrons. The number of nitrogens with zero attached hydrogens (tertiary/aromatic N) is 1. The number of amides is 1. The quantitative estimate of drug-likeness (QED) is 0.125. The Labute approximate surface area is 465 Å². The van der Waals surface area contributed by atoms with Gasteiger partial charge in [0.25, 0.3) is 0 Å². The van der Waals surface area contributed by atoms with Crippen LogP contribution in [-0.4, -0.2) is 28.4 Å². The number of hydrogen-bond donors (Lipinski definition) is 3. The van der Waals surface area contributed by atoms with Gasteiger partial charge in [-0.25, -0.2) is 0 Å². The fourth-order valence-electron chi connectivity index (χ4n) is 6.81. The van der Waals surface area contributed by atoms with Crippen LogP contribution < -0.4 is 79.8 Å². The van der Waals surface area contributed by atoms with Gasteiger partial charge < -0.3 is 31.1 Å². The predicted octanol–water partition coefficient (Wildman–Crippen LogP) is 7.71. The average molecular weight is 1050 g/mol. The summed E-state index contributed by atoms with van der Waals surface area (Å²) in [6.07, 6.45) is 0.147. The van der Waals surface area contributed by atoms with E-state index in [0.29, 0.717) is 76.1 Å². The Hall–Kier alpha value is -2.68. The first kappa shape index (κ1) is 61.3. The van der Waals surface area contributed by atoms with Crippen molar-refractivity contribution in [1.82, 2.24) is 0 Å². The number of rotatable bonds is 9. The molecule has 0 fully saturated rings. The molecule has 6 aromatic rings. The number of nitrogens with one attached hydrogen (secondary N) is 2. The van der Waals surface area contributed by atoms with Gasteiger partial charge in [-0.05, 0) is 130 Å². The Bertz CT molecular complexity index is 2530. The number of carbonyl (C=O) groups is 3. The minimum Gasteiger partial charge on any atom is -0.870 e. The van der Waals surface area contributed by atoms with Crippen molar-refractivity contribution in [1.29, 1.82) is 0 Å². The van der Waals surface area contributed by atoms with Crippen LogP contribution in [0.4, 0.5) is 34.1 Å². The molecule has 0 bridgehead atoms. The zero-order valence-corrected chi connectivity index (χ0v) is 46.8. The molecule has 0 aliphatic carbocycles. The van der Waals surface area contributed by atoms with Gasteiger partial charge in [-0.15, -0.1) is 12.4 Å². The molecule has 0 atom stereocenters. The molecule has 0 saturated carbocycles. The third-order valence-electron chi connectivity index (χ3n) is 9.54. The summed E-state index contributed by atoms with van der Waals surface area (Å²) in [5, 5.41) is 29.1. The smallest absolute Gasteiger partial charge is 0.870 e. The van der Waals surface area contributed by atoms with Crippen LogP contribution in [0.3, 0.4) is 0 Å². The van der Waals surface area contributed by atoms with Crippen molar-refractivity contribution in [2.45, 2.75) is 60.8 Å². The number of anilines is 6. The van der Waals surface area contributed by atoms with Gasteiger partial charge in [-0.3, -0.25) is 14.5 Å². The zero-order chi connectivity index (χ0) is 45.6. The molecular formula is C48H44Cl7N3Na2O6. The summed E-state index contributed by atoms with van der Waals surface area (Å²) in [5.41, 5.74) is 12.3. The summed E-state index contributed by atoms with van der Waals surface area (Å²) in [4.78, 5) is 35.8. The predicted molar refractivity (Wildman–Crippen MR) is 264 cm³/mol. The number of fused-ring (bicyclic) bond motifs is 1. The van der Waals surface area contributed by atoms with Crippen LogP contribution in [0.1, 0.15) is 50.1 Å². The van der Waals surface area contributed by atoms with Crippen LogP contribution in [0.25, 0.3) is 0 Å². The van der Waals surface area contributed by atoms with Crippen LogP contribution in [0.5, 0.6) is 0 Å². The molecule has 7 rings (SSSR count). The van der Waals surface area contributed by atoms with Gasteiger partial charge in [0, 0.05) is 23.8 Å². The molecular weight excluding hydrogens is 1010 g/mol. The van der Waals surface area contributed by atoms with E-state index in [0.717, 1.165) is 44.6 Å². The van der Waals surface area contributed by atoms with Gasteiger partial charge in [-0.1, -0.05) is 123 Å². The van der Waals surface area contributed by atoms with Crippen molar-refractivity contribution < 1.29 is 89.2 Å². The van der Waals surface area contributed by atoms with Gasteiger partial charge in [-0.2, -0.15) is 0 Å². The number of carboxylic acids is 2. The molecule has 66 heavy (non-hydrogen) atoms. The van der Waals surface area contributed by atoms with Crippen molar-refractivity contribution in [3.63, 3.8) is 0 Å². The molecule has 1 heterocycles. The van der Waals surface area contributed by atoms with E-state index in [2.05, 4.69) is 10.6 Å². The number of aryl methyl sites for hydroxylation is 6. The maximum atomic E-state index is 12.3. The zero-order valence-electron chi connectivity index (χ0n) is 37.4. The van der Waals surface area contributed by atoms with E-state index < -0.39 is 11.9 Å². The molecule has 0 aromatic heterocycles. The van der Waals surface area contributed by atoms with Gasteiger partial charge in [0.15, 0.2) is 0 Å². The fourth-order valence-corrected chi connectivity index (χ4v) is 8.96. The maximum Gasteiger partial charge on any atom is 1.00 e. The molecule has 9 nitrogen and oxygen atoms in total. The number of halogens is 7. The Kier molecular flexibility index (Phi) is 25.6. The summed E-state index contributed by atoms with van der Waals surface area (Å²) >= 11 is 37.4. The standard InChI is InChI=1S/2C16H15Cl2NO2.C16H13Cl2NO.ClH.2Na.H2O/c2*1-9-3-4-14(11(5-9)8-15(20)21)19-16-12(17)6-10(2)7-13(16)18;1-9-3-4-14-11(5-9)8-15(20)19(14)16-12(17)6-10(2)7-13(16)18;;;;/h2*3-7,19H,8H2,1-2H3,(H,20,21);3-7H,8H2,1-2H3;1H;;;1H2/q;;;;2*+1;/p-2. The van der Waals surface area contributed by atoms with E-state index in [9.17, 15) is 19.5 Å². The van der Waals surface area contributed by atoms with Crippen LogP contribution >= 0.6 is 82.0 Å². The van der Waals surface area contributed by atoms with Crippen LogP contribution in [0, 0.1) is 41.5 Å². The molecule has 0 unspecified atom stereocenters. The first-order valence-electron chi connectivity index (χ1n) is 19.1. The minimum absolute atomic E-state index is 0. The number of benzene rings is 6. The maximum absolute atomic E-state index is 12.3. The van der Waals surface area contributed by atoms with Crippen LogP contribution in [0.2, 0.25) is 30.1 Å². The molecule has 0 spiro atoms. The number of carboxylic acid groups (broad SMARTS) is 2. The summed E-state index contributed by atoms with van der Waals surface area (Å²) in [6.45, 7) is 11.6. The summed E-state index contributed by atoms with van der Waals surface area (Å²) in [7, 11) is 0. The summed E-state index contributed by atoms with van der Waals surface area (Å²) in [6, 6.07) is 27.9. The third kappa shape index (κ3) is 16.5.